The van der Waals surface area contributed by atoms with E-state index >= 15 is 0 Å². The quantitative estimate of drug-likeness (QED) is 0.857. The number of hydrogen-bond donors (Lipinski definition) is 2. The molecule has 1 saturated heterocycles. The molecule has 2 rings (SSSR count). The van der Waals surface area contributed by atoms with Crippen LogP contribution in [0.1, 0.15) is 13.8 Å². The molecule has 0 spiro atoms. The van der Waals surface area contributed by atoms with Crippen molar-refractivity contribution in [2.75, 3.05) is 43.4 Å². The predicted octanol–water partition coefficient (Wildman–Crippen LogP) is 2.60. The number of nitrogens with zero attached hydrogens (tertiary/aromatic N) is 2. The molecule has 2 N–H and O–H groups in total. The highest BCUT2D eigenvalue weighted by molar-refractivity contribution is 6.34. The fraction of sp³-hybridized carbons (Fsp3) is 0.438. The van der Waals surface area contributed by atoms with Crippen molar-refractivity contribution in [2.24, 2.45) is 0 Å². The van der Waals surface area contributed by atoms with Gasteiger partial charge in [0.15, 0.2) is 0 Å². The normalized spacial score (nSPS) is 14.0. The van der Waals surface area contributed by atoms with Crippen molar-refractivity contribution < 1.29 is 19.1 Å². The van der Waals surface area contributed by atoms with Gasteiger partial charge in [0.05, 0.1) is 17.3 Å². The summed E-state index contributed by atoms with van der Waals surface area (Å²) in [5, 5.41) is 5.69. The molecule has 0 saturated carbocycles. The molecule has 9 heteroatoms. The third-order valence-electron chi connectivity index (χ3n) is 3.62. The van der Waals surface area contributed by atoms with Crippen LogP contribution in [-0.2, 0) is 9.53 Å². The first-order chi connectivity index (χ1) is 11.9. The van der Waals surface area contributed by atoms with Crippen molar-refractivity contribution in [2.45, 2.75) is 13.8 Å². The zero-order valence-corrected chi connectivity index (χ0v) is 14.9. The molecule has 0 bridgehead atoms. The van der Waals surface area contributed by atoms with Gasteiger partial charge in [-0.1, -0.05) is 11.6 Å². The Morgan fingerprint density at radius 1 is 1.12 bits per heavy atom. The van der Waals surface area contributed by atoms with Crippen molar-refractivity contribution in [3.05, 3.63) is 23.2 Å². The SMILES string of the molecule is CCOC(=O)N1CCN(C(=O)Nc2ccc(NC(C)=O)c(Cl)c2)CC1. The maximum Gasteiger partial charge on any atom is 0.409 e. The molecule has 0 atom stereocenters. The minimum absolute atomic E-state index is 0.224. The zero-order valence-electron chi connectivity index (χ0n) is 14.2. The number of nitrogens with one attached hydrogen (secondary N) is 2. The van der Waals surface area contributed by atoms with Gasteiger partial charge in [-0.25, -0.2) is 9.59 Å². The van der Waals surface area contributed by atoms with Crippen LogP contribution in [0, 0.1) is 0 Å². The molecule has 136 valence electrons. The van der Waals surface area contributed by atoms with E-state index in [0.717, 1.165) is 0 Å². The van der Waals surface area contributed by atoms with Crippen LogP contribution in [0.2, 0.25) is 5.02 Å². The summed E-state index contributed by atoms with van der Waals surface area (Å²) in [6.07, 6.45) is -0.358. The van der Waals surface area contributed by atoms with Crippen molar-refractivity contribution in [3.8, 4) is 0 Å². The van der Waals surface area contributed by atoms with Crippen LogP contribution >= 0.6 is 11.6 Å². The van der Waals surface area contributed by atoms with Gasteiger partial charge in [-0.05, 0) is 25.1 Å². The van der Waals surface area contributed by atoms with E-state index in [0.29, 0.717) is 49.2 Å². The molecule has 1 aromatic rings. The summed E-state index contributed by atoms with van der Waals surface area (Å²) in [5.41, 5.74) is 1.01. The summed E-state index contributed by atoms with van der Waals surface area (Å²) < 4.78 is 4.95. The predicted molar refractivity (Wildman–Crippen MR) is 94.9 cm³/mol. The minimum atomic E-state index is -0.358. The third kappa shape index (κ3) is 5.25. The van der Waals surface area contributed by atoms with Crippen molar-refractivity contribution in [3.63, 3.8) is 0 Å². The summed E-state index contributed by atoms with van der Waals surface area (Å²) in [6, 6.07) is 4.58. The number of halogens is 1. The number of anilines is 2. The highest BCUT2D eigenvalue weighted by Crippen LogP contribution is 2.25. The molecule has 4 amide bonds. The highest BCUT2D eigenvalue weighted by Gasteiger charge is 2.24. The van der Waals surface area contributed by atoms with Gasteiger partial charge in [-0.2, -0.15) is 0 Å². The molecule has 0 aromatic heterocycles. The Morgan fingerprint density at radius 3 is 2.32 bits per heavy atom. The Bertz CT molecular complexity index is 660. The second-order valence-corrected chi connectivity index (χ2v) is 5.89. The van der Waals surface area contributed by atoms with Gasteiger partial charge in [0.1, 0.15) is 0 Å². The molecule has 0 unspecified atom stereocenters. The van der Waals surface area contributed by atoms with E-state index in [1.807, 2.05) is 0 Å². The summed E-state index contributed by atoms with van der Waals surface area (Å²) >= 11 is 6.09. The van der Waals surface area contributed by atoms with Crippen molar-refractivity contribution in [1.82, 2.24) is 9.80 Å². The van der Waals surface area contributed by atoms with Crippen LogP contribution in [0.5, 0.6) is 0 Å². The van der Waals surface area contributed by atoms with Gasteiger partial charge in [-0.3, -0.25) is 4.79 Å². The van der Waals surface area contributed by atoms with Crippen LogP contribution in [0.3, 0.4) is 0 Å². The summed E-state index contributed by atoms with van der Waals surface area (Å²) in [6.45, 7) is 5.16. The molecule has 1 fully saturated rings. The number of amides is 4. The number of piperazine rings is 1. The van der Waals surface area contributed by atoms with E-state index in [1.54, 1.807) is 34.9 Å². The highest BCUT2D eigenvalue weighted by atomic mass is 35.5. The number of ether oxygens (including phenoxy) is 1. The Labute approximate surface area is 151 Å². The van der Waals surface area contributed by atoms with E-state index < -0.39 is 0 Å². The minimum Gasteiger partial charge on any atom is -0.450 e. The van der Waals surface area contributed by atoms with Gasteiger partial charge in [0, 0.05) is 38.8 Å². The smallest absolute Gasteiger partial charge is 0.409 e. The second-order valence-electron chi connectivity index (χ2n) is 5.48. The Balaban J connectivity index is 1.89. The average Bonchev–Trinajstić information content (AvgIpc) is 2.57. The van der Waals surface area contributed by atoms with Crippen molar-refractivity contribution in [1.29, 1.82) is 0 Å². The lowest BCUT2D eigenvalue weighted by atomic mass is 10.2. The van der Waals surface area contributed by atoms with Crippen LogP contribution < -0.4 is 10.6 Å². The van der Waals surface area contributed by atoms with Gasteiger partial charge in [0.25, 0.3) is 0 Å². The van der Waals surface area contributed by atoms with E-state index in [-0.39, 0.29) is 18.0 Å². The molecule has 1 heterocycles. The standard InChI is InChI=1S/C16H21ClN4O4/c1-3-25-16(24)21-8-6-20(7-9-21)15(23)19-12-4-5-14(13(17)10-12)18-11(2)22/h4-5,10H,3,6-9H2,1-2H3,(H,18,22)(H,19,23). The van der Waals surface area contributed by atoms with E-state index in [2.05, 4.69) is 10.6 Å². The maximum atomic E-state index is 12.3. The fourth-order valence-corrected chi connectivity index (χ4v) is 2.62. The van der Waals surface area contributed by atoms with Crippen LogP contribution in [-0.4, -0.2) is 60.6 Å². The van der Waals surface area contributed by atoms with Crippen molar-refractivity contribution >= 4 is 41.0 Å². The molecule has 8 nitrogen and oxygen atoms in total. The molecule has 25 heavy (non-hydrogen) atoms. The first-order valence-corrected chi connectivity index (χ1v) is 8.33. The van der Waals surface area contributed by atoms with Crippen LogP contribution in [0.25, 0.3) is 0 Å². The first kappa shape index (κ1) is 18.9. The molecular formula is C16H21ClN4O4. The van der Waals surface area contributed by atoms with Gasteiger partial charge < -0.3 is 25.2 Å². The second kappa shape index (κ2) is 8.57. The number of rotatable bonds is 3. The van der Waals surface area contributed by atoms with Gasteiger partial charge >= 0.3 is 12.1 Å². The number of urea groups is 1. The lowest BCUT2D eigenvalue weighted by molar-refractivity contribution is -0.114. The van der Waals surface area contributed by atoms with Crippen LogP contribution in [0.15, 0.2) is 18.2 Å². The lowest BCUT2D eigenvalue weighted by Gasteiger charge is -2.34. The van der Waals surface area contributed by atoms with E-state index in [9.17, 15) is 14.4 Å². The molecule has 1 aromatic carbocycles. The molecule has 1 aliphatic rings. The lowest BCUT2D eigenvalue weighted by Crippen LogP contribution is -2.51. The largest absolute Gasteiger partial charge is 0.450 e. The molecule has 1 aliphatic heterocycles. The average molecular weight is 369 g/mol. The Morgan fingerprint density at radius 2 is 1.76 bits per heavy atom. The topological polar surface area (TPSA) is 91.0 Å². The van der Waals surface area contributed by atoms with Gasteiger partial charge in [-0.15, -0.1) is 0 Å². The Kier molecular flexibility index (Phi) is 6.46. The van der Waals surface area contributed by atoms with Gasteiger partial charge in [0.2, 0.25) is 5.91 Å². The summed E-state index contributed by atoms with van der Waals surface area (Å²) in [4.78, 5) is 38.2. The Hall–Kier alpha value is -2.48. The zero-order chi connectivity index (χ0) is 18.4. The molecule has 0 aliphatic carbocycles. The number of carbonyl (C=O) groups is 3. The first-order valence-electron chi connectivity index (χ1n) is 7.95. The number of benzene rings is 1. The monoisotopic (exact) mass is 368 g/mol. The van der Waals surface area contributed by atoms with E-state index in [1.165, 1.54) is 6.92 Å². The maximum absolute atomic E-state index is 12.3. The number of carbonyl (C=O) groups excluding carboxylic acids is 3. The fourth-order valence-electron chi connectivity index (χ4n) is 2.39. The summed E-state index contributed by atoms with van der Waals surface area (Å²) in [7, 11) is 0. The van der Waals surface area contributed by atoms with Crippen LogP contribution in [0.4, 0.5) is 21.0 Å². The summed E-state index contributed by atoms with van der Waals surface area (Å²) in [5.74, 6) is -0.224. The van der Waals surface area contributed by atoms with E-state index in [4.69, 9.17) is 16.3 Å². The molecular weight excluding hydrogens is 348 g/mol. The number of hydrogen-bond acceptors (Lipinski definition) is 4. The molecule has 0 radical (unpaired) electrons. The third-order valence-corrected chi connectivity index (χ3v) is 3.94.